The molecule has 2 amide bonds. The van der Waals surface area contributed by atoms with Crippen molar-refractivity contribution in [2.24, 2.45) is 0 Å². The van der Waals surface area contributed by atoms with Crippen LogP contribution >= 0.6 is 0 Å². The second-order valence-corrected chi connectivity index (χ2v) is 4.53. The van der Waals surface area contributed by atoms with Crippen LogP contribution < -0.4 is 10.6 Å². The Morgan fingerprint density at radius 1 is 1.14 bits per heavy atom. The van der Waals surface area contributed by atoms with Crippen LogP contribution in [0.4, 0.5) is 5.69 Å². The number of carbonyl (C=O) groups is 2. The molecule has 2 rings (SSSR count). The molecule has 1 aromatic carbocycles. The van der Waals surface area contributed by atoms with E-state index < -0.39 is 0 Å². The van der Waals surface area contributed by atoms with Crippen molar-refractivity contribution in [1.82, 2.24) is 10.3 Å². The number of rotatable bonds is 6. The van der Waals surface area contributed by atoms with Crippen LogP contribution in [0.15, 0.2) is 48.8 Å². The zero-order chi connectivity index (χ0) is 15.8. The topological polar surface area (TPSA) is 80.3 Å². The van der Waals surface area contributed by atoms with E-state index in [0.29, 0.717) is 30.0 Å². The first-order valence-electron chi connectivity index (χ1n) is 6.79. The zero-order valence-electron chi connectivity index (χ0n) is 12.2. The quantitative estimate of drug-likeness (QED) is 0.796. The highest BCUT2D eigenvalue weighted by Gasteiger charge is 2.09. The van der Waals surface area contributed by atoms with Crippen molar-refractivity contribution >= 4 is 17.5 Å². The van der Waals surface area contributed by atoms with Gasteiger partial charge in [0.25, 0.3) is 11.8 Å². The molecule has 22 heavy (non-hydrogen) atoms. The predicted molar refractivity (Wildman–Crippen MR) is 82.8 cm³/mol. The fraction of sp³-hybridized carbons (Fsp3) is 0.188. The van der Waals surface area contributed by atoms with E-state index in [1.165, 1.54) is 6.20 Å². The molecule has 1 aromatic heterocycles. The van der Waals surface area contributed by atoms with Crippen molar-refractivity contribution in [1.29, 1.82) is 0 Å². The maximum absolute atomic E-state index is 12.0. The lowest BCUT2D eigenvalue weighted by atomic mass is 10.1. The van der Waals surface area contributed by atoms with Gasteiger partial charge in [0.05, 0.1) is 12.2 Å². The first-order chi connectivity index (χ1) is 10.7. The third-order valence-electron chi connectivity index (χ3n) is 2.90. The van der Waals surface area contributed by atoms with Crippen molar-refractivity contribution in [2.45, 2.75) is 0 Å². The molecule has 0 fully saturated rings. The second kappa shape index (κ2) is 7.90. The number of pyridine rings is 1. The fourth-order valence-corrected chi connectivity index (χ4v) is 1.81. The Bertz CT molecular complexity index is 644. The maximum atomic E-state index is 12.0. The van der Waals surface area contributed by atoms with E-state index in [2.05, 4.69) is 15.6 Å². The van der Waals surface area contributed by atoms with Crippen molar-refractivity contribution < 1.29 is 14.3 Å². The number of nitrogens with one attached hydrogen (secondary N) is 2. The molecule has 1 heterocycles. The molecule has 2 N–H and O–H groups in total. The SMILES string of the molecule is COCCNC(=O)c1cccc(NC(=O)c2cccnc2)c1. The summed E-state index contributed by atoms with van der Waals surface area (Å²) in [4.78, 5) is 27.9. The Labute approximate surface area is 128 Å². The molecule has 0 radical (unpaired) electrons. The predicted octanol–water partition coefficient (Wildman–Crippen LogP) is 1.71. The molecule has 0 aliphatic carbocycles. The van der Waals surface area contributed by atoms with Gasteiger partial charge in [0.1, 0.15) is 0 Å². The van der Waals surface area contributed by atoms with Gasteiger partial charge in [-0.3, -0.25) is 14.6 Å². The van der Waals surface area contributed by atoms with Crippen LogP contribution in [0.2, 0.25) is 0 Å². The van der Waals surface area contributed by atoms with E-state index in [4.69, 9.17) is 4.74 Å². The minimum atomic E-state index is -0.273. The lowest BCUT2D eigenvalue weighted by Gasteiger charge is -2.08. The molecular weight excluding hydrogens is 282 g/mol. The Morgan fingerprint density at radius 2 is 1.95 bits per heavy atom. The number of methoxy groups -OCH3 is 1. The number of carbonyl (C=O) groups excluding carboxylic acids is 2. The normalized spacial score (nSPS) is 10.0. The summed E-state index contributed by atoms with van der Waals surface area (Å²) in [5.41, 5.74) is 1.48. The number of anilines is 1. The minimum absolute atomic E-state index is 0.213. The number of nitrogens with zero attached hydrogens (tertiary/aromatic N) is 1. The molecule has 0 aliphatic heterocycles. The van der Waals surface area contributed by atoms with E-state index in [1.54, 1.807) is 49.7 Å². The van der Waals surface area contributed by atoms with Gasteiger partial charge < -0.3 is 15.4 Å². The average Bonchev–Trinajstić information content (AvgIpc) is 2.56. The molecule has 0 spiro atoms. The molecule has 114 valence electrons. The van der Waals surface area contributed by atoms with E-state index >= 15 is 0 Å². The number of hydrogen-bond donors (Lipinski definition) is 2. The molecule has 2 aromatic rings. The summed E-state index contributed by atoms with van der Waals surface area (Å²) in [6.07, 6.45) is 3.08. The summed E-state index contributed by atoms with van der Waals surface area (Å²) in [5.74, 6) is -0.487. The van der Waals surface area contributed by atoms with Gasteiger partial charge in [0.15, 0.2) is 0 Å². The lowest BCUT2D eigenvalue weighted by molar-refractivity contribution is 0.0936. The van der Waals surface area contributed by atoms with Crippen LogP contribution in [0.25, 0.3) is 0 Å². The summed E-state index contributed by atoms with van der Waals surface area (Å²) in [7, 11) is 1.57. The van der Waals surface area contributed by atoms with Crippen LogP contribution in [0.1, 0.15) is 20.7 Å². The van der Waals surface area contributed by atoms with Gasteiger partial charge in [0, 0.05) is 37.3 Å². The average molecular weight is 299 g/mol. The van der Waals surface area contributed by atoms with E-state index in [1.807, 2.05) is 0 Å². The van der Waals surface area contributed by atoms with E-state index in [9.17, 15) is 9.59 Å². The fourth-order valence-electron chi connectivity index (χ4n) is 1.81. The van der Waals surface area contributed by atoms with Gasteiger partial charge in [-0.25, -0.2) is 0 Å². The Hall–Kier alpha value is -2.73. The van der Waals surface area contributed by atoms with Crippen LogP contribution in [0, 0.1) is 0 Å². The lowest BCUT2D eigenvalue weighted by Crippen LogP contribution is -2.27. The van der Waals surface area contributed by atoms with Crippen LogP contribution in [0.3, 0.4) is 0 Å². The smallest absolute Gasteiger partial charge is 0.257 e. The van der Waals surface area contributed by atoms with Gasteiger partial charge in [-0.1, -0.05) is 6.07 Å². The third-order valence-corrected chi connectivity index (χ3v) is 2.90. The second-order valence-electron chi connectivity index (χ2n) is 4.53. The van der Waals surface area contributed by atoms with E-state index in [-0.39, 0.29) is 11.8 Å². The molecular formula is C16H17N3O3. The van der Waals surface area contributed by atoms with Crippen molar-refractivity contribution in [3.63, 3.8) is 0 Å². The highest BCUT2D eigenvalue weighted by atomic mass is 16.5. The Morgan fingerprint density at radius 3 is 2.68 bits per heavy atom. The van der Waals surface area contributed by atoms with Crippen molar-refractivity contribution in [3.8, 4) is 0 Å². The molecule has 0 saturated heterocycles. The molecule has 0 unspecified atom stereocenters. The molecule has 6 heteroatoms. The first kappa shape index (κ1) is 15.7. The van der Waals surface area contributed by atoms with Gasteiger partial charge in [-0.2, -0.15) is 0 Å². The monoisotopic (exact) mass is 299 g/mol. The third kappa shape index (κ3) is 4.39. The summed E-state index contributed by atoms with van der Waals surface area (Å²) in [6, 6.07) is 10.1. The molecule has 0 saturated carbocycles. The molecule has 0 aliphatic rings. The van der Waals surface area contributed by atoms with Gasteiger partial charge >= 0.3 is 0 Å². The number of ether oxygens (including phenoxy) is 1. The van der Waals surface area contributed by atoms with Crippen LogP contribution in [0.5, 0.6) is 0 Å². The van der Waals surface area contributed by atoms with Crippen LogP contribution in [-0.2, 0) is 4.74 Å². The van der Waals surface area contributed by atoms with Crippen LogP contribution in [-0.4, -0.2) is 37.1 Å². The minimum Gasteiger partial charge on any atom is -0.383 e. The summed E-state index contributed by atoms with van der Waals surface area (Å²) in [6.45, 7) is 0.880. The summed E-state index contributed by atoms with van der Waals surface area (Å²) < 4.78 is 4.88. The van der Waals surface area contributed by atoms with Gasteiger partial charge in [-0.15, -0.1) is 0 Å². The standard InChI is InChI=1S/C16H17N3O3/c1-22-9-8-18-15(20)12-4-2-6-14(10-12)19-16(21)13-5-3-7-17-11-13/h2-7,10-11H,8-9H2,1H3,(H,18,20)(H,19,21). The summed E-state index contributed by atoms with van der Waals surface area (Å²) in [5, 5.41) is 5.46. The Kier molecular flexibility index (Phi) is 5.62. The molecule has 6 nitrogen and oxygen atoms in total. The summed E-state index contributed by atoms with van der Waals surface area (Å²) >= 11 is 0. The highest BCUT2D eigenvalue weighted by molar-refractivity contribution is 6.04. The Balaban J connectivity index is 2.02. The molecule has 0 bridgehead atoms. The number of benzene rings is 1. The molecule has 0 atom stereocenters. The van der Waals surface area contributed by atoms with Crippen molar-refractivity contribution in [3.05, 3.63) is 59.9 Å². The first-order valence-corrected chi connectivity index (χ1v) is 6.79. The largest absolute Gasteiger partial charge is 0.383 e. The van der Waals surface area contributed by atoms with Gasteiger partial charge in [-0.05, 0) is 30.3 Å². The van der Waals surface area contributed by atoms with Gasteiger partial charge in [0.2, 0.25) is 0 Å². The zero-order valence-corrected chi connectivity index (χ0v) is 12.2. The number of aromatic nitrogens is 1. The van der Waals surface area contributed by atoms with E-state index in [0.717, 1.165) is 0 Å². The maximum Gasteiger partial charge on any atom is 0.257 e. The number of hydrogen-bond acceptors (Lipinski definition) is 4. The highest BCUT2D eigenvalue weighted by Crippen LogP contribution is 2.12. The van der Waals surface area contributed by atoms with Crippen molar-refractivity contribution in [2.75, 3.05) is 25.6 Å². The number of amides is 2.